The Morgan fingerprint density at radius 2 is 1.60 bits per heavy atom. The molecule has 74 valence electrons. The van der Waals surface area contributed by atoms with Crippen LogP contribution in [0.1, 0.15) is 11.1 Å². The second-order valence-corrected chi connectivity index (χ2v) is 3.45. The van der Waals surface area contributed by atoms with Crippen LogP contribution in [0.25, 0.3) is 22.1 Å². The van der Waals surface area contributed by atoms with Crippen molar-refractivity contribution in [2.24, 2.45) is 0 Å². The molecule has 3 rings (SSSR count). The average Bonchev–Trinajstić information content (AvgIpc) is 2.75. The summed E-state index contributed by atoms with van der Waals surface area (Å²) in [4.78, 5) is 8.59. The first-order valence-corrected chi connectivity index (χ1v) is 4.61. The van der Waals surface area contributed by atoms with E-state index in [1.54, 1.807) is 12.4 Å². The third-order valence-corrected chi connectivity index (χ3v) is 2.59. The van der Waals surface area contributed by atoms with Crippen LogP contribution in [-0.2, 0) is 0 Å². The molecule has 0 radical (unpaired) electrons. The molecule has 5 heteroatoms. The monoisotopic (exact) mass is 200 g/mol. The summed E-state index contributed by atoms with van der Waals surface area (Å²) in [6, 6.07) is 0. The van der Waals surface area contributed by atoms with Crippen LogP contribution in [0.2, 0.25) is 0 Å². The molecule has 0 N–H and O–H groups in total. The predicted molar refractivity (Wildman–Crippen MR) is 54.4 cm³/mol. The Bertz CT molecular complexity index is 603. The van der Waals surface area contributed by atoms with E-state index in [0.717, 1.165) is 27.7 Å². The molecule has 0 aliphatic carbocycles. The van der Waals surface area contributed by atoms with Crippen LogP contribution in [0.15, 0.2) is 16.9 Å². The largest absolute Gasteiger partial charge is 0.337 e. The molecule has 2 aromatic heterocycles. The molecule has 1 aromatic carbocycles. The van der Waals surface area contributed by atoms with Gasteiger partial charge in [-0.2, -0.15) is 0 Å². The minimum Gasteiger partial charge on any atom is -0.337 e. The van der Waals surface area contributed by atoms with Gasteiger partial charge in [0.25, 0.3) is 0 Å². The van der Waals surface area contributed by atoms with Gasteiger partial charge in [-0.15, -0.1) is 5.10 Å². The first-order chi connectivity index (χ1) is 7.29. The Hall–Kier alpha value is -2.04. The summed E-state index contributed by atoms with van der Waals surface area (Å²) in [5.41, 5.74) is 5.06. The SMILES string of the molecule is Cc1c2nccnc2c(C)c2onnc12. The van der Waals surface area contributed by atoms with Gasteiger partial charge in [0.1, 0.15) is 5.52 Å². The zero-order valence-electron chi connectivity index (χ0n) is 8.35. The van der Waals surface area contributed by atoms with Gasteiger partial charge in [0.05, 0.1) is 11.0 Å². The molecule has 0 amide bonds. The second kappa shape index (κ2) is 2.73. The predicted octanol–water partition coefficient (Wildman–Crippen LogP) is 1.78. The lowest BCUT2D eigenvalue weighted by molar-refractivity contribution is 0.423. The zero-order valence-corrected chi connectivity index (χ0v) is 8.35. The molecule has 0 aliphatic heterocycles. The van der Waals surface area contributed by atoms with E-state index in [1.165, 1.54) is 0 Å². The highest BCUT2D eigenvalue weighted by molar-refractivity contribution is 5.97. The number of hydrogen-bond donors (Lipinski definition) is 0. The maximum absolute atomic E-state index is 5.11. The summed E-state index contributed by atoms with van der Waals surface area (Å²) < 4.78 is 5.11. The molecule has 5 nitrogen and oxygen atoms in total. The summed E-state index contributed by atoms with van der Waals surface area (Å²) in [6.45, 7) is 3.88. The minimum atomic E-state index is 0.695. The number of rotatable bonds is 0. The standard InChI is InChI=1S/C10H8N4O/c1-5-7-8(12-4-3-11-7)6(2)10-9(5)13-14-15-10/h3-4H,1-2H3. The van der Waals surface area contributed by atoms with Crippen molar-refractivity contribution in [3.05, 3.63) is 23.5 Å². The topological polar surface area (TPSA) is 64.7 Å². The van der Waals surface area contributed by atoms with Gasteiger partial charge < -0.3 is 4.52 Å². The lowest BCUT2D eigenvalue weighted by Crippen LogP contribution is -1.91. The Morgan fingerprint density at radius 3 is 2.33 bits per heavy atom. The summed E-state index contributed by atoms with van der Waals surface area (Å²) in [5, 5.41) is 7.51. The average molecular weight is 200 g/mol. The van der Waals surface area contributed by atoms with Crippen molar-refractivity contribution < 1.29 is 4.52 Å². The van der Waals surface area contributed by atoms with E-state index in [0.29, 0.717) is 5.58 Å². The van der Waals surface area contributed by atoms with Crippen molar-refractivity contribution in [2.75, 3.05) is 0 Å². The number of aryl methyl sites for hydroxylation is 2. The summed E-state index contributed by atoms with van der Waals surface area (Å²) in [5.74, 6) is 0. The molecule has 0 atom stereocenters. The summed E-state index contributed by atoms with van der Waals surface area (Å²) in [6.07, 6.45) is 3.35. The Kier molecular flexibility index (Phi) is 1.50. The van der Waals surface area contributed by atoms with Crippen molar-refractivity contribution in [3.8, 4) is 0 Å². The Labute approximate surface area is 85.1 Å². The van der Waals surface area contributed by atoms with Gasteiger partial charge in [0, 0.05) is 28.8 Å². The molecular weight excluding hydrogens is 192 g/mol. The van der Waals surface area contributed by atoms with Crippen molar-refractivity contribution in [1.82, 2.24) is 20.3 Å². The molecule has 2 heterocycles. The maximum atomic E-state index is 5.11. The minimum absolute atomic E-state index is 0.695. The van der Waals surface area contributed by atoms with Crippen LogP contribution in [0, 0.1) is 13.8 Å². The van der Waals surface area contributed by atoms with Gasteiger partial charge in [0.15, 0.2) is 5.58 Å². The van der Waals surface area contributed by atoms with Crippen molar-refractivity contribution in [2.45, 2.75) is 13.8 Å². The molecule has 3 aromatic rings. The fourth-order valence-electron chi connectivity index (χ4n) is 1.79. The van der Waals surface area contributed by atoms with Gasteiger partial charge >= 0.3 is 0 Å². The molecule has 15 heavy (non-hydrogen) atoms. The fraction of sp³-hybridized carbons (Fsp3) is 0.200. The third kappa shape index (κ3) is 0.971. The van der Waals surface area contributed by atoms with Crippen molar-refractivity contribution in [1.29, 1.82) is 0 Å². The fourth-order valence-corrected chi connectivity index (χ4v) is 1.79. The molecule has 0 unspecified atom stereocenters. The van der Waals surface area contributed by atoms with Crippen LogP contribution in [-0.4, -0.2) is 20.3 Å². The molecule has 0 fully saturated rings. The lowest BCUT2D eigenvalue weighted by Gasteiger charge is -2.02. The van der Waals surface area contributed by atoms with E-state index in [1.807, 2.05) is 13.8 Å². The number of aromatic nitrogens is 4. The van der Waals surface area contributed by atoms with E-state index in [4.69, 9.17) is 4.52 Å². The first-order valence-electron chi connectivity index (χ1n) is 4.61. The Morgan fingerprint density at radius 1 is 0.933 bits per heavy atom. The van der Waals surface area contributed by atoms with Gasteiger partial charge in [0.2, 0.25) is 0 Å². The highest BCUT2D eigenvalue weighted by atomic mass is 16.5. The quantitative estimate of drug-likeness (QED) is 0.553. The second-order valence-electron chi connectivity index (χ2n) is 3.45. The normalized spacial score (nSPS) is 11.3. The summed E-state index contributed by atoms with van der Waals surface area (Å²) >= 11 is 0. The van der Waals surface area contributed by atoms with Crippen LogP contribution >= 0.6 is 0 Å². The van der Waals surface area contributed by atoms with E-state index >= 15 is 0 Å². The van der Waals surface area contributed by atoms with E-state index < -0.39 is 0 Å². The molecular formula is C10H8N4O. The van der Waals surface area contributed by atoms with Crippen LogP contribution in [0.5, 0.6) is 0 Å². The Balaban J connectivity index is 2.69. The highest BCUT2D eigenvalue weighted by Gasteiger charge is 2.14. The number of nitrogens with zero attached hydrogens (tertiary/aromatic N) is 4. The number of hydrogen-bond acceptors (Lipinski definition) is 5. The first kappa shape index (κ1) is 8.28. The van der Waals surface area contributed by atoms with Crippen LogP contribution < -0.4 is 0 Å². The number of benzene rings is 1. The van der Waals surface area contributed by atoms with Gasteiger partial charge in [-0.25, -0.2) is 0 Å². The molecule has 0 saturated carbocycles. The molecule has 0 aliphatic rings. The lowest BCUT2D eigenvalue weighted by atomic mass is 10.1. The van der Waals surface area contributed by atoms with E-state index in [9.17, 15) is 0 Å². The van der Waals surface area contributed by atoms with E-state index in [2.05, 4.69) is 20.3 Å². The van der Waals surface area contributed by atoms with E-state index in [-0.39, 0.29) is 0 Å². The van der Waals surface area contributed by atoms with Gasteiger partial charge in [-0.1, -0.05) is 0 Å². The van der Waals surface area contributed by atoms with Crippen LogP contribution in [0.3, 0.4) is 0 Å². The maximum Gasteiger partial charge on any atom is 0.192 e. The molecule has 0 bridgehead atoms. The number of fused-ring (bicyclic) bond motifs is 2. The summed E-state index contributed by atoms with van der Waals surface area (Å²) in [7, 11) is 0. The smallest absolute Gasteiger partial charge is 0.192 e. The van der Waals surface area contributed by atoms with Gasteiger partial charge in [-0.05, 0) is 13.8 Å². The third-order valence-electron chi connectivity index (χ3n) is 2.59. The van der Waals surface area contributed by atoms with Gasteiger partial charge in [-0.3, -0.25) is 9.97 Å². The van der Waals surface area contributed by atoms with Crippen LogP contribution in [0.4, 0.5) is 0 Å². The zero-order chi connectivity index (χ0) is 10.4. The highest BCUT2D eigenvalue weighted by Crippen LogP contribution is 2.27. The van der Waals surface area contributed by atoms with Crippen molar-refractivity contribution in [3.63, 3.8) is 0 Å². The van der Waals surface area contributed by atoms with Crippen molar-refractivity contribution >= 4 is 22.1 Å². The molecule has 0 spiro atoms. The molecule has 0 saturated heterocycles.